The molecule has 1 aliphatic rings. The van der Waals surface area contributed by atoms with E-state index in [9.17, 15) is 9.90 Å². The number of carbonyl (C=O) groups excluding carboxylic acids is 1. The summed E-state index contributed by atoms with van der Waals surface area (Å²) < 4.78 is 0.867. The SMILES string of the molecule is CCC1(O)CN(CC(=O)Nc2ccc(Br)cc2Cl)C1. The number of hydrogen-bond donors (Lipinski definition) is 2. The quantitative estimate of drug-likeness (QED) is 0.880. The number of amides is 1. The van der Waals surface area contributed by atoms with Gasteiger partial charge in [0, 0.05) is 17.6 Å². The van der Waals surface area contributed by atoms with E-state index in [4.69, 9.17) is 11.6 Å². The van der Waals surface area contributed by atoms with Gasteiger partial charge in [0.1, 0.15) is 0 Å². The van der Waals surface area contributed by atoms with Crippen LogP contribution in [0.5, 0.6) is 0 Å². The zero-order chi connectivity index (χ0) is 14.0. The molecule has 0 aliphatic carbocycles. The van der Waals surface area contributed by atoms with Gasteiger partial charge in [0.05, 0.1) is 22.9 Å². The van der Waals surface area contributed by atoms with Gasteiger partial charge in [0.2, 0.25) is 5.91 Å². The van der Waals surface area contributed by atoms with Crippen molar-refractivity contribution < 1.29 is 9.90 Å². The minimum Gasteiger partial charge on any atom is -0.387 e. The maximum atomic E-state index is 11.8. The summed E-state index contributed by atoms with van der Waals surface area (Å²) in [7, 11) is 0. The zero-order valence-electron chi connectivity index (χ0n) is 10.6. The second-order valence-electron chi connectivity index (χ2n) is 4.90. The molecule has 0 spiro atoms. The Morgan fingerprint density at radius 2 is 2.26 bits per heavy atom. The van der Waals surface area contributed by atoms with Crippen LogP contribution >= 0.6 is 27.5 Å². The fourth-order valence-corrected chi connectivity index (χ4v) is 2.83. The van der Waals surface area contributed by atoms with Crippen LogP contribution in [0.4, 0.5) is 5.69 Å². The van der Waals surface area contributed by atoms with Gasteiger partial charge in [0.15, 0.2) is 0 Å². The van der Waals surface area contributed by atoms with Crippen molar-refractivity contribution in [3.63, 3.8) is 0 Å². The number of aliphatic hydroxyl groups is 1. The molecule has 1 fully saturated rings. The van der Waals surface area contributed by atoms with Gasteiger partial charge in [-0.05, 0) is 24.6 Å². The van der Waals surface area contributed by atoms with E-state index in [1.54, 1.807) is 12.1 Å². The van der Waals surface area contributed by atoms with Crippen LogP contribution in [0, 0.1) is 0 Å². The lowest BCUT2D eigenvalue weighted by Gasteiger charge is -2.45. The molecule has 1 heterocycles. The average molecular weight is 348 g/mol. The van der Waals surface area contributed by atoms with Crippen LogP contribution in [0.15, 0.2) is 22.7 Å². The second-order valence-corrected chi connectivity index (χ2v) is 6.22. The highest BCUT2D eigenvalue weighted by atomic mass is 79.9. The number of benzene rings is 1. The van der Waals surface area contributed by atoms with E-state index in [2.05, 4.69) is 21.2 Å². The van der Waals surface area contributed by atoms with Crippen LogP contribution in [-0.2, 0) is 4.79 Å². The Morgan fingerprint density at radius 1 is 1.58 bits per heavy atom. The molecule has 1 amide bonds. The highest BCUT2D eigenvalue weighted by Crippen LogP contribution is 2.26. The molecule has 2 N–H and O–H groups in total. The Kier molecular flexibility index (Phi) is 4.50. The molecule has 6 heteroatoms. The minimum absolute atomic E-state index is 0.123. The molecule has 0 unspecified atom stereocenters. The summed E-state index contributed by atoms with van der Waals surface area (Å²) in [6.07, 6.45) is 0.712. The monoisotopic (exact) mass is 346 g/mol. The molecule has 4 nitrogen and oxygen atoms in total. The fourth-order valence-electron chi connectivity index (χ4n) is 2.11. The Hall–Kier alpha value is -0.620. The first-order valence-electron chi connectivity index (χ1n) is 6.11. The van der Waals surface area contributed by atoms with Gasteiger partial charge in [-0.15, -0.1) is 0 Å². The van der Waals surface area contributed by atoms with Crippen LogP contribution < -0.4 is 5.32 Å². The topological polar surface area (TPSA) is 52.6 Å². The number of nitrogens with zero attached hydrogens (tertiary/aromatic N) is 1. The van der Waals surface area contributed by atoms with Crippen molar-refractivity contribution in [2.24, 2.45) is 0 Å². The van der Waals surface area contributed by atoms with Gasteiger partial charge in [-0.2, -0.15) is 0 Å². The van der Waals surface area contributed by atoms with Gasteiger partial charge >= 0.3 is 0 Å². The van der Waals surface area contributed by atoms with E-state index in [1.165, 1.54) is 0 Å². The molecular formula is C13H16BrClN2O2. The number of halogens is 2. The lowest BCUT2D eigenvalue weighted by atomic mass is 9.91. The van der Waals surface area contributed by atoms with E-state index in [0.29, 0.717) is 30.2 Å². The molecule has 0 radical (unpaired) electrons. The van der Waals surface area contributed by atoms with E-state index in [-0.39, 0.29) is 12.5 Å². The van der Waals surface area contributed by atoms with Gasteiger partial charge in [-0.25, -0.2) is 0 Å². The lowest BCUT2D eigenvalue weighted by Crippen LogP contribution is -2.62. The normalized spacial score (nSPS) is 17.9. The first-order chi connectivity index (χ1) is 8.92. The predicted octanol–water partition coefficient (Wildman–Crippen LogP) is 2.50. The standard InChI is InChI=1S/C13H16BrClN2O2/c1-2-13(19)7-17(8-13)6-12(18)16-11-4-3-9(14)5-10(11)15/h3-5,19H,2,6-8H2,1H3,(H,16,18). The van der Waals surface area contributed by atoms with E-state index in [1.807, 2.05) is 17.9 Å². The molecule has 0 saturated carbocycles. The average Bonchev–Trinajstić information content (AvgIpc) is 2.30. The summed E-state index contributed by atoms with van der Waals surface area (Å²) in [5.74, 6) is -0.123. The summed E-state index contributed by atoms with van der Waals surface area (Å²) in [4.78, 5) is 13.8. The Bertz CT molecular complexity index is 490. The molecule has 0 bridgehead atoms. The summed E-state index contributed by atoms with van der Waals surface area (Å²) in [5.41, 5.74) is -0.0173. The first-order valence-corrected chi connectivity index (χ1v) is 7.28. The summed E-state index contributed by atoms with van der Waals surface area (Å²) in [5, 5.41) is 13.1. The fraction of sp³-hybridized carbons (Fsp3) is 0.462. The molecule has 0 aromatic heterocycles. The maximum Gasteiger partial charge on any atom is 0.238 e. The number of carbonyl (C=O) groups is 1. The number of anilines is 1. The molecule has 1 aromatic carbocycles. The van der Waals surface area contributed by atoms with Gasteiger partial charge in [-0.1, -0.05) is 34.5 Å². The number of nitrogens with one attached hydrogen (secondary N) is 1. The van der Waals surface area contributed by atoms with Crippen molar-refractivity contribution in [2.45, 2.75) is 18.9 Å². The summed E-state index contributed by atoms with van der Waals surface area (Å²) in [6, 6.07) is 5.31. The number of β-amino-alcohol motifs (C(OH)–C–C–N with tert-alkyl or cyclic N) is 1. The van der Waals surface area contributed by atoms with Crippen LogP contribution in [0.3, 0.4) is 0 Å². The third kappa shape index (κ3) is 3.69. The van der Waals surface area contributed by atoms with Gasteiger partial charge in [0.25, 0.3) is 0 Å². The van der Waals surface area contributed by atoms with Crippen LogP contribution in [0.1, 0.15) is 13.3 Å². The van der Waals surface area contributed by atoms with Gasteiger partial charge in [-0.3, -0.25) is 9.69 Å². The molecule has 104 valence electrons. The predicted molar refractivity (Wildman–Crippen MR) is 79.5 cm³/mol. The van der Waals surface area contributed by atoms with E-state index in [0.717, 1.165) is 4.47 Å². The maximum absolute atomic E-state index is 11.8. The smallest absolute Gasteiger partial charge is 0.238 e. The highest BCUT2D eigenvalue weighted by molar-refractivity contribution is 9.10. The third-order valence-electron chi connectivity index (χ3n) is 3.27. The Morgan fingerprint density at radius 3 is 2.84 bits per heavy atom. The van der Waals surface area contributed by atoms with Gasteiger partial charge < -0.3 is 10.4 Å². The molecule has 1 aromatic rings. The zero-order valence-corrected chi connectivity index (χ0v) is 13.0. The van der Waals surface area contributed by atoms with Crippen molar-refractivity contribution >= 4 is 39.1 Å². The molecule has 1 saturated heterocycles. The third-order valence-corrected chi connectivity index (χ3v) is 4.07. The first kappa shape index (κ1) is 14.8. The van der Waals surface area contributed by atoms with Crippen molar-refractivity contribution in [1.29, 1.82) is 0 Å². The van der Waals surface area contributed by atoms with Crippen LogP contribution in [0.25, 0.3) is 0 Å². The van der Waals surface area contributed by atoms with Crippen molar-refractivity contribution in [1.82, 2.24) is 4.90 Å². The minimum atomic E-state index is -0.616. The van der Waals surface area contributed by atoms with Crippen molar-refractivity contribution in [3.8, 4) is 0 Å². The number of rotatable bonds is 4. The molecular weight excluding hydrogens is 332 g/mol. The number of hydrogen-bond acceptors (Lipinski definition) is 3. The van der Waals surface area contributed by atoms with E-state index >= 15 is 0 Å². The number of likely N-dealkylation sites (tertiary alicyclic amines) is 1. The second kappa shape index (κ2) is 5.79. The Labute approximate surface area is 125 Å². The molecule has 2 rings (SSSR count). The van der Waals surface area contributed by atoms with Crippen LogP contribution in [0.2, 0.25) is 5.02 Å². The lowest BCUT2D eigenvalue weighted by molar-refractivity contribution is -0.128. The molecule has 1 aliphatic heterocycles. The summed E-state index contributed by atoms with van der Waals surface area (Å²) >= 11 is 9.34. The molecule has 19 heavy (non-hydrogen) atoms. The Balaban J connectivity index is 1.85. The highest BCUT2D eigenvalue weighted by Gasteiger charge is 2.39. The van der Waals surface area contributed by atoms with Crippen molar-refractivity contribution in [2.75, 3.05) is 25.0 Å². The van der Waals surface area contributed by atoms with Crippen LogP contribution in [-0.4, -0.2) is 41.1 Å². The van der Waals surface area contributed by atoms with Crippen molar-refractivity contribution in [3.05, 3.63) is 27.7 Å². The largest absolute Gasteiger partial charge is 0.387 e. The molecule has 0 atom stereocenters. The van der Waals surface area contributed by atoms with E-state index < -0.39 is 5.60 Å². The summed E-state index contributed by atoms with van der Waals surface area (Å²) in [6.45, 7) is 3.31.